The van der Waals surface area contributed by atoms with Gasteiger partial charge >= 0.3 is 0 Å². The molecule has 69 heavy (non-hydrogen) atoms. The summed E-state index contributed by atoms with van der Waals surface area (Å²) in [5, 5.41) is 6.63. The van der Waals surface area contributed by atoms with Crippen LogP contribution in [-0.2, 0) is 0 Å². The van der Waals surface area contributed by atoms with Crippen LogP contribution in [0, 0.1) is 0 Å². The SMILES string of the molecule is c1ccc(-c2ccc3c(c2)c2ccccc2n3-c2ccc(-c3ccc4c(c3)oc3cccc(-c5cccc(-c6nc(-c7ccccc7)nc(-c7ccccc7)n6)c5)c34)c3oc4ccccc4c23)cc1. The van der Waals surface area contributed by atoms with Crippen molar-refractivity contribution < 1.29 is 8.83 Å². The molecule has 0 saturated carbocycles. The molecule has 4 aromatic heterocycles. The van der Waals surface area contributed by atoms with Crippen molar-refractivity contribution in [2.75, 3.05) is 0 Å². The second-order valence-corrected chi connectivity index (χ2v) is 17.5. The molecule has 0 aliphatic heterocycles. The summed E-state index contributed by atoms with van der Waals surface area (Å²) in [5.41, 5.74) is 15.9. The summed E-state index contributed by atoms with van der Waals surface area (Å²) in [5.74, 6) is 1.86. The zero-order valence-corrected chi connectivity index (χ0v) is 37.0. The van der Waals surface area contributed by atoms with E-state index >= 15 is 0 Å². The number of hydrogen-bond donors (Lipinski definition) is 0. The van der Waals surface area contributed by atoms with E-state index in [0.29, 0.717) is 17.5 Å². The van der Waals surface area contributed by atoms with Crippen LogP contribution in [0.25, 0.3) is 139 Å². The number of para-hydroxylation sites is 2. The second-order valence-electron chi connectivity index (χ2n) is 17.5. The molecule has 0 aliphatic rings. The molecule has 0 aliphatic carbocycles. The quantitative estimate of drug-likeness (QED) is 0.159. The Hall–Kier alpha value is -9.39. The van der Waals surface area contributed by atoms with Crippen LogP contribution in [0.15, 0.2) is 239 Å². The maximum absolute atomic E-state index is 6.88. The molecule has 6 heteroatoms. The Kier molecular flexibility index (Phi) is 8.79. The third-order valence-corrected chi connectivity index (χ3v) is 13.5. The number of rotatable bonds is 7. The first kappa shape index (κ1) is 38.8. The first-order valence-electron chi connectivity index (χ1n) is 23.2. The molecule has 0 saturated heterocycles. The summed E-state index contributed by atoms with van der Waals surface area (Å²) in [4.78, 5) is 15.0. The minimum absolute atomic E-state index is 0.608. The zero-order valence-electron chi connectivity index (χ0n) is 37.0. The number of furan rings is 2. The summed E-state index contributed by atoms with van der Waals surface area (Å²) in [7, 11) is 0. The molecule has 4 heterocycles. The molecule has 14 aromatic rings. The van der Waals surface area contributed by atoms with E-state index in [1.54, 1.807) is 0 Å². The number of benzene rings is 10. The van der Waals surface area contributed by atoms with Gasteiger partial charge in [0.1, 0.15) is 22.3 Å². The van der Waals surface area contributed by atoms with Gasteiger partial charge in [0.05, 0.1) is 22.1 Å². The summed E-state index contributed by atoms with van der Waals surface area (Å²) < 4.78 is 16.0. The third kappa shape index (κ3) is 6.38. The summed E-state index contributed by atoms with van der Waals surface area (Å²) >= 11 is 0. The standard InChI is InChI=1S/C63H38N4O2/c1-4-16-39(17-5-1)42-31-34-53-51(37-42)48-24-10-12-27-52(48)67(53)54-35-33-47(60-59(54)49-25-11-13-28-55(49)69-60)44-30-32-50-57(38-44)68-56-29-15-26-46(58(50)56)43-22-14-23-45(36-43)63-65-61(40-18-6-2-7-19-40)64-62(66-63)41-20-8-3-9-21-41/h1-38H. The molecule has 0 fully saturated rings. The van der Waals surface area contributed by atoms with E-state index in [1.807, 2.05) is 72.8 Å². The molecule has 0 unspecified atom stereocenters. The Morgan fingerprint density at radius 3 is 1.62 bits per heavy atom. The molecule has 322 valence electrons. The van der Waals surface area contributed by atoms with Gasteiger partial charge in [0.2, 0.25) is 0 Å². The van der Waals surface area contributed by atoms with Gasteiger partial charge in [-0.25, -0.2) is 15.0 Å². The fourth-order valence-corrected chi connectivity index (χ4v) is 10.3. The second kappa shape index (κ2) is 15.6. The van der Waals surface area contributed by atoms with E-state index in [1.165, 1.54) is 21.9 Å². The topological polar surface area (TPSA) is 69.9 Å². The van der Waals surface area contributed by atoms with Gasteiger partial charge in [-0.15, -0.1) is 0 Å². The molecule has 0 atom stereocenters. The van der Waals surface area contributed by atoms with E-state index in [4.69, 9.17) is 23.8 Å². The first-order valence-corrected chi connectivity index (χ1v) is 23.2. The van der Waals surface area contributed by atoms with Gasteiger partial charge < -0.3 is 13.4 Å². The van der Waals surface area contributed by atoms with Crippen molar-refractivity contribution >= 4 is 65.7 Å². The van der Waals surface area contributed by atoms with E-state index in [-0.39, 0.29) is 0 Å². The maximum atomic E-state index is 6.88. The summed E-state index contributed by atoms with van der Waals surface area (Å²) in [6, 6.07) is 80.3. The largest absolute Gasteiger partial charge is 0.456 e. The molecule has 0 amide bonds. The molecule has 0 bridgehead atoms. The fraction of sp³-hybridized carbons (Fsp3) is 0. The van der Waals surface area contributed by atoms with Gasteiger partial charge in [0.25, 0.3) is 0 Å². The highest BCUT2D eigenvalue weighted by atomic mass is 16.3. The number of nitrogens with zero attached hydrogens (tertiary/aromatic N) is 4. The fourth-order valence-electron chi connectivity index (χ4n) is 10.3. The van der Waals surface area contributed by atoms with Crippen LogP contribution >= 0.6 is 0 Å². The molecule has 6 nitrogen and oxygen atoms in total. The van der Waals surface area contributed by atoms with Gasteiger partial charge in [-0.05, 0) is 88.5 Å². The Balaban J connectivity index is 0.896. The molecule has 0 N–H and O–H groups in total. The van der Waals surface area contributed by atoms with Crippen LogP contribution in [-0.4, -0.2) is 19.5 Å². The lowest BCUT2D eigenvalue weighted by Gasteiger charge is -2.12. The van der Waals surface area contributed by atoms with Crippen molar-refractivity contribution in [2.24, 2.45) is 0 Å². The van der Waals surface area contributed by atoms with Crippen LogP contribution in [0.1, 0.15) is 0 Å². The van der Waals surface area contributed by atoms with E-state index < -0.39 is 0 Å². The van der Waals surface area contributed by atoms with E-state index in [9.17, 15) is 0 Å². The predicted molar refractivity (Wildman–Crippen MR) is 281 cm³/mol. The monoisotopic (exact) mass is 882 g/mol. The molecular weight excluding hydrogens is 845 g/mol. The van der Waals surface area contributed by atoms with Crippen LogP contribution in [0.4, 0.5) is 0 Å². The van der Waals surface area contributed by atoms with Crippen LogP contribution in [0.5, 0.6) is 0 Å². The number of hydrogen-bond acceptors (Lipinski definition) is 5. The number of aromatic nitrogens is 4. The zero-order chi connectivity index (χ0) is 45.4. The highest BCUT2D eigenvalue weighted by Crippen LogP contribution is 2.45. The van der Waals surface area contributed by atoms with Crippen LogP contribution in [0.2, 0.25) is 0 Å². The van der Waals surface area contributed by atoms with Crippen molar-refractivity contribution in [2.45, 2.75) is 0 Å². The highest BCUT2D eigenvalue weighted by molar-refractivity contribution is 6.18. The van der Waals surface area contributed by atoms with Crippen molar-refractivity contribution in [1.29, 1.82) is 0 Å². The molecule has 14 rings (SSSR count). The summed E-state index contributed by atoms with van der Waals surface area (Å²) in [6.07, 6.45) is 0. The minimum Gasteiger partial charge on any atom is -0.456 e. The molecular formula is C63H38N4O2. The van der Waals surface area contributed by atoms with Crippen LogP contribution in [0.3, 0.4) is 0 Å². The van der Waals surface area contributed by atoms with Crippen molar-refractivity contribution in [3.63, 3.8) is 0 Å². The van der Waals surface area contributed by atoms with Crippen molar-refractivity contribution in [3.05, 3.63) is 231 Å². The lowest BCUT2D eigenvalue weighted by Crippen LogP contribution is -2.00. The summed E-state index contributed by atoms with van der Waals surface area (Å²) in [6.45, 7) is 0. The van der Waals surface area contributed by atoms with Gasteiger partial charge in [-0.2, -0.15) is 0 Å². The van der Waals surface area contributed by atoms with Gasteiger partial charge in [-0.1, -0.05) is 170 Å². The minimum atomic E-state index is 0.608. The predicted octanol–water partition coefficient (Wildman–Crippen LogP) is 16.8. The van der Waals surface area contributed by atoms with Crippen molar-refractivity contribution in [1.82, 2.24) is 19.5 Å². The molecule has 10 aromatic carbocycles. The lowest BCUT2D eigenvalue weighted by molar-refractivity contribution is 0.668. The lowest BCUT2D eigenvalue weighted by atomic mass is 9.96. The van der Waals surface area contributed by atoms with Gasteiger partial charge in [0.15, 0.2) is 17.5 Å². The number of fused-ring (bicyclic) bond motifs is 9. The Bertz CT molecular complexity index is 4250. The average Bonchev–Trinajstić information content (AvgIpc) is 4.11. The van der Waals surface area contributed by atoms with E-state index in [2.05, 4.69) is 162 Å². The molecule has 0 radical (unpaired) electrons. The van der Waals surface area contributed by atoms with Crippen LogP contribution < -0.4 is 0 Å². The highest BCUT2D eigenvalue weighted by Gasteiger charge is 2.22. The molecule has 0 spiro atoms. The smallest absolute Gasteiger partial charge is 0.164 e. The van der Waals surface area contributed by atoms with Crippen molar-refractivity contribution in [3.8, 4) is 73.2 Å². The average molecular weight is 883 g/mol. The van der Waals surface area contributed by atoms with E-state index in [0.717, 1.165) is 99.5 Å². The Morgan fingerprint density at radius 1 is 0.290 bits per heavy atom. The first-order chi connectivity index (χ1) is 34.2. The third-order valence-electron chi connectivity index (χ3n) is 13.5. The Morgan fingerprint density at radius 2 is 0.855 bits per heavy atom. The van der Waals surface area contributed by atoms with Gasteiger partial charge in [0, 0.05) is 49.2 Å². The van der Waals surface area contributed by atoms with Gasteiger partial charge in [-0.3, -0.25) is 0 Å². The Labute approximate surface area is 396 Å². The normalized spacial score (nSPS) is 11.8. The maximum Gasteiger partial charge on any atom is 0.164 e.